The summed E-state index contributed by atoms with van der Waals surface area (Å²) >= 11 is 6.00. The van der Waals surface area contributed by atoms with Gasteiger partial charge >= 0.3 is 6.09 Å². The lowest BCUT2D eigenvalue weighted by Crippen LogP contribution is -2.35. The molecule has 1 aromatic carbocycles. The van der Waals surface area contributed by atoms with Crippen LogP contribution in [0.4, 0.5) is 10.5 Å². The zero-order valence-corrected chi connectivity index (χ0v) is 16.4. The van der Waals surface area contributed by atoms with Crippen molar-refractivity contribution < 1.29 is 19.1 Å². The van der Waals surface area contributed by atoms with Crippen LogP contribution in [0.3, 0.4) is 0 Å². The van der Waals surface area contributed by atoms with Crippen molar-refractivity contribution in [3.8, 4) is 11.8 Å². The van der Waals surface area contributed by atoms with Crippen molar-refractivity contribution in [3.05, 3.63) is 35.0 Å². The van der Waals surface area contributed by atoms with Gasteiger partial charge in [0.15, 0.2) is 0 Å². The standard InChI is InChI=1S/C18H23ClN4O4/c1-18(2,3)27-17(25)22-8-7-21-11-12(10-20)16(24)23-13-5-6-15(26-4)14(19)9-13/h5-6,9,11,21H,7-8H2,1-4H3,(H,22,25)(H,23,24)/b12-11-. The van der Waals surface area contributed by atoms with Crippen LogP contribution in [-0.4, -0.2) is 37.8 Å². The molecule has 146 valence electrons. The quantitative estimate of drug-likeness (QED) is 0.372. The van der Waals surface area contributed by atoms with Gasteiger partial charge < -0.3 is 25.4 Å². The van der Waals surface area contributed by atoms with E-state index in [0.29, 0.717) is 23.0 Å². The van der Waals surface area contributed by atoms with Crippen LogP contribution in [0.25, 0.3) is 0 Å². The average Bonchev–Trinajstić information content (AvgIpc) is 2.56. The van der Waals surface area contributed by atoms with Gasteiger partial charge in [0.2, 0.25) is 0 Å². The molecule has 8 nitrogen and oxygen atoms in total. The number of ether oxygens (including phenoxy) is 2. The summed E-state index contributed by atoms with van der Waals surface area (Å²) in [6.07, 6.45) is 0.736. The topological polar surface area (TPSA) is 112 Å². The molecule has 27 heavy (non-hydrogen) atoms. The zero-order chi connectivity index (χ0) is 20.4. The van der Waals surface area contributed by atoms with E-state index in [0.717, 1.165) is 0 Å². The molecule has 0 aromatic heterocycles. The fourth-order valence-corrected chi connectivity index (χ4v) is 2.07. The molecule has 0 saturated heterocycles. The Morgan fingerprint density at radius 1 is 1.30 bits per heavy atom. The summed E-state index contributed by atoms with van der Waals surface area (Å²) in [4.78, 5) is 23.6. The van der Waals surface area contributed by atoms with Crippen molar-refractivity contribution in [2.24, 2.45) is 0 Å². The van der Waals surface area contributed by atoms with Gasteiger partial charge in [-0.3, -0.25) is 4.79 Å². The molecule has 3 N–H and O–H groups in total. The van der Waals surface area contributed by atoms with E-state index >= 15 is 0 Å². The van der Waals surface area contributed by atoms with E-state index in [1.807, 2.05) is 0 Å². The molecular weight excluding hydrogens is 372 g/mol. The number of hydrogen-bond donors (Lipinski definition) is 3. The molecule has 9 heteroatoms. The Morgan fingerprint density at radius 3 is 2.56 bits per heavy atom. The van der Waals surface area contributed by atoms with Crippen LogP contribution in [0, 0.1) is 11.3 Å². The third-order valence-corrected chi connectivity index (χ3v) is 3.25. The van der Waals surface area contributed by atoms with Crippen LogP contribution in [0.1, 0.15) is 20.8 Å². The third-order valence-electron chi connectivity index (χ3n) is 2.96. The van der Waals surface area contributed by atoms with Crippen molar-refractivity contribution in [1.82, 2.24) is 10.6 Å². The highest BCUT2D eigenvalue weighted by Gasteiger charge is 2.15. The summed E-state index contributed by atoms with van der Waals surface area (Å²) in [6, 6.07) is 6.54. The molecule has 0 fully saturated rings. The normalized spacial score (nSPS) is 11.2. The van der Waals surface area contributed by atoms with Crippen LogP contribution in [0.2, 0.25) is 5.02 Å². The van der Waals surface area contributed by atoms with Crippen LogP contribution in [-0.2, 0) is 9.53 Å². The predicted molar refractivity (Wildman–Crippen MR) is 103 cm³/mol. The highest BCUT2D eigenvalue weighted by Crippen LogP contribution is 2.27. The first kappa shape index (κ1) is 22.1. The maximum Gasteiger partial charge on any atom is 0.407 e. The highest BCUT2D eigenvalue weighted by molar-refractivity contribution is 6.32. The van der Waals surface area contributed by atoms with Crippen molar-refractivity contribution in [3.63, 3.8) is 0 Å². The maximum absolute atomic E-state index is 12.1. The Hall–Kier alpha value is -2.92. The maximum atomic E-state index is 12.1. The first-order chi connectivity index (χ1) is 12.7. The van der Waals surface area contributed by atoms with E-state index in [1.54, 1.807) is 39.0 Å². The Kier molecular flexibility index (Phi) is 8.42. The van der Waals surface area contributed by atoms with Crippen LogP contribution in [0.5, 0.6) is 5.75 Å². The van der Waals surface area contributed by atoms with Gasteiger partial charge in [-0.2, -0.15) is 5.26 Å². The number of anilines is 1. The van der Waals surface area contributed by atoms with Gasteiger partial charge in [-0.25, -0.2) is 4.79 Å². The fourth-order valence-electron chi connectivity index (χ4n) is 1.82. The lowest BCUT2D eigenvalue weighted by molar-refractivity contribution is -0.112. The molecule has 0 bridgehead atoms. The zero-order valence-electron chi connectivity index (χ0n) is 15.7. The Labute approximate surface area is 163 Å². The molecule has 0 unspecified atom stereocenters. The number of hydrogen-bond acceptors (Lipinski definition) is 6. The minimum Gasteiger partial charge on any atom is -0.495 e. The summed E-state index contributed by atoms with van der Waals surface area (Å²) in [7, 11) is 1.49. The number of carbonyl (C=O) groups is 2. The summed E-state index contributed by atoms with van der Waals surface area (Å²) in [6.45, 7) is 5.87. The number of carbonyl (C=O) groups excluding carboxylic acids is 2. The van der Waals surface area contributed by atoms with Crippen molar-refractivity contribution in [2.75, 3.05) is 25.5 Å². The van der Waals surface area contributed by atoms with Gasteiger partial charge in [0.25, 0.3) is 5.91 Å². The summed E-state index contributed by atoms with van der Waals surface area (Å²) in [5.41, 5.74) is -0.272. The molecule has 0 heterocycles. The minimum atomic E-state index is -0.591. The molecular formula is C18H23ClN4O4. The van der Waals surface area contributed by atoms with Gasteiger partial charge in [0, 0.05) is 25.0 Å². The summed E-state index contributed by atoms with van der Waals surface area (Å²) in [5, 5.41) is 17.4. The van der Waals surface area contributed by atoms with Gasteiger partial charge in [-0.1, -0.05) is 11.6 Å². The molecule has 0 saturated carbocycles. The van der Waals surface area contributed by atoms with E-state index in [4.69, 9.17) is 26.3 Å². The number of benzene rings is 1. The van der Waals surface area contributed by atoms with Gasteiger partial charge in [-0.15, -0.1) is 0 Å². The number of rotatable bonds is 7. The van der Waals surface area contributed by atoms with E-state index in [-0.39, 0.29) is 12.1 Å². The smallest absolute Gasteiger partial charge is 0.407 e. The molecule has 0 radical (unpaired) electrons. The predicted octanol–water partition coefficient (Wildman–Crippen LogP) is 2.81. The molecule has 0 aliphatic rings. The van der Waals surface area contributed by atoms with Crippen molar-refractivity contribution >= 4 is 29.3 Å². The van der Waals surface area contributed by atoms with Gasteiger partial charge in [0.1, 0.15) is 23.0 Å². The van der Waals surface area contributed by atoms with Crippen molar-refractivity contribution in [2.45, 2.75) is 26.4 Å². The van der Waals surface area contributed by atoms with Gasteiger partial charge in [-0.05, 0) is 39.0 Å². The fraction of sp³-hybridized carbons (Fsp3) is 0.389. The molecule has 1 aromatic rings. The first-order valence-corrected chi connectivity index (χ1v) is 8.49. The highest BCUT2D eigenvalue weighted by atomic mass is 35.5. The molecule has 1 rings (SSSR count). The number of methoxy groups -OCH3 is 1. The SMILES string of the molecule is COc1ccc(NC(=O)/C(C#N)=C\NCCNC(=O)OC(C)(C)C)cc1Cl. The number of amides is 2. The second-order valence-corrected chi connectivity index (χ2v) is 6.76. The van der Waals surface area contributed by atoms with E-state index in [1.165, 1.54) is 19.4 Å². The Bertz CT molecular complexity index is 751. The Balaban J connectivity index is 2.50. The summed E-state index contributed by atoms with van der Waals surface area (Å²) < 4.78 is 10.1. The first-order valence-electron chi connectivity index (χ1n) is 8.11. The van der Waals surface area contributed by atoms with Crippen LogP contribution >= 0.6 is 11.6 Å². The molecule has 0 spiro atoms. The largest absolute Gasteiger partial charge is 0.495 e. The second-order valence-electron chi connectivity index (χ2n) is 6.36. The molecule has 2 amide bonds. The lowest BCUT2D eigenvalue weighted by atomic mass is 10.2. The second kappa shape index (κ2) is 10.3. The minimum absolute atomic E-state index is 0.126. The average molecular weight is 395 g/mol. The Morgan fingerprint density at radius 2 is 2.00 bits per heavy atom. The number of halogens is 1. The number of nitrogens with one attached hydrogen (secondary N) is 3. The molecule has 0 atom stereocenters. The monoisotopic (exact) mass is 394 g/mol. The lowest BCUT2D eigenvalue weighted by Gasteiger charge is -2.19. The molecule has 0 aliphatic heterocycles. The molecule has 0 aliphatic carbocycles. The number of nitrogens with zero attached hydrogens (tertiary/aromatic N) is 1. The number of nitriles is 1. The van der Waals surface area contributed by atoms with E-state index in [9.17, 15) is 9.59 Å². The van der Waals surface area contributed by atoms with Crippen molar-refractivity contribution in [1.29, 1.82) is 5.26 Å². The van der Waals surface area contributed by atoms with Gasteiger partial charge in [0.05, 0.1) is 12.1 Å². The summed E-state index contributed by atoms with van der Waals surface area (Å²) in [5.74, 6) is -0.115. The number of alkyl carbamates (subject to hydrolysis) is 1. The van der Waals surface area contributed by atoms with Crippen LogP contribution < -0.4 is 20.7 Å². The third kappa shape index (κ3) is 8.33. The van der Waals surface area contributed by atoms with E-state index in [2.05, 4.69) is 16.0 Å². The van der Waals surface area contributed by atoms with Crippen LogP contribution in [0.15, 0.2) is 30.0 Å². The van der Waals surface area contributed by atoms with E-state index < -0.39 is 17.6 Å².